The summed E-state index contributed by atoms with van der Waals surface area (Å²) in [6, 6.07) is 10.6. The van der Waals surface area contributed by atoms with Gasteiger partial charge in [-0.3, -0.25) is 4.67 Å². The van der Waals surface area contributed by atoms with E-state index in [9.17, 15) is 0 Å². The minimum Gasteiger partial charge on any atom is -0.379 e. The fourth-order valence-electron chi connectivity index (χ4n) is 3.26. The predicted molar refractivity (Wildman–Crippen MR) is 116 cm³/mol. The van der Waals surface area contributed by atoms with E-state index in [2.05, 4.69) is 60.0 Å². The molecule has 0 spiro atoms. The first-order valence-corrected chi connectivity index (χ1v) is 11.6. The van der Waals surface area contributed by atoms with Crippen molar-refractivity contribution >= 4 is 46.3 Å². The molecule has 2 aromatic rings. The summed E-state index contributed by atoms with van der Waals surface area (Å²) in [6.45, 7) is 9.97. The number of ether oxygens (including phenoxy) is 1. The van der Waals surface area contributed by atoms with Gasteiger partial charge in [0.1, 0.15) is 0 Å². The van der Waals surface area contributed by atoms with Crippen molar-refractivity contribution in [2.24, 2.45) is 4.74 Å². The number of morpholine rings is 1. The molecule has 1 N–H and O–H groups in total. The van der Waals surface area contributed by atoms with Gasteiger partial charge in [0.15, 0.2) is 10.2 Å². The molecule has 0 radical (unpaired) electrons. The minimum absolute atomic E-state index is 0.0691. The number of aromatic nitrogens is 1. The van der Waals surface area contributed by atoms with Crippen LogP contribution in [0.4, 0.5) is 5.13 Å². The van der Waals surface area contributed by atoms with E-state index in [4.69, 9.17) is 21.7 Å². The van der Waals surface area contributed by atoms with E-state index in [1.807, 2.05) is 11.4 Å². The fourth-order valence-corrected chi connectivity index (χ4v) is 8.44. The molecule has 8 heteroatoms. The smallest absolute Gasteiger partial charge is 0.199 e. The Morgan fingerprint density at radius 3 is 2.54 bits per heavy atom. The fraction of sp³-hybridized carbons (Fsp3) is 0.444. The maximum atomic E-state index is 5.65. The molecule has 3 rings (SSSR count). The Labute approximate surface area is 164 Å². The van der Waals surface area contributed by atoms with Crippen LogP contribution in [0.15, 0.2) is 46.7 Å². The van der Waals surface area contributed by atoms with Crippen molar-refractivity contribution in [1.82, 2.24) is 9.65 Å². The average molecular weight is 409 g/mol. The quantitative estimate of drug-likeness (QED) is 0.602. The Kier molecular flexibility index (Phi) is 6.25. The van der Waals surface area contributed by atoms with Gasteiger partial charge in [-0.1, -0.05) is 51.1 Å². The maximum Gasteiger partial charge on any atom is 0.199 e. The maximum absolute atomic E-state index is 5.65. The third kappa shape index (κ3) is 4.07. The number of hydrogen-bond acceptors (Lipinski definition) is 4. The van der Waals surface area contributed by atoms with Crippen LogP contribution in [-0.2, 0) is 4.74 Å². The van der Waals surface area contributed by atoms with Crippen LogP contribution in [0.2, 0.25) is 0 Å². The van der Waals surface area contributed by atoms with Crippen molar-refractivity contribution in [3.63, 3.8) is 0 Å². The summed E-state index contributed by atoms with van der Waals surface area (Å²) in [7, 11) is -2.13. The molecule has 2 heterocycles. The molecule has 140 valence electrons. The van der Waals surface area contributed by atoms with Crippen molar-refractivity contribution in [2.75, 3.05) is 31.6 Å². The highest BCUT2D eigenvalue weighted by Gasteiger charge is 2.42. The first-order chi connectivity index (χ1) is 12.4. The molecule has 1 atom stereocenters. The average Bonchev–Trinajstić information content (AvgIpc) is 3.13. The van der Waals surface area contributed by atoms with Crippen molar-refractivity contribution < 1.29 is 4.74 Å². The van der Waals surface area contributed by atoms with E-state index >= 15 is 0 Å². The molecule has 1 saturated heterocycles. The summed E-state index contributed by atoms with van der Waals surface area (Å²) in [5.41, 5.74) is 0. The van der Waals surface area contributed by atoms with Gasteiger partial charge in [-0.25, -0.2) is 9.73 Å². The molecule has 0 aliphatic carbocycles. The second kappa shape index (κ2) is 8.28. The number of anilines is 1. The van der Waals surface area contributed by atoms with Gasteiger partial charge in [0.25, 0.3) is 0 Å². The van der Waals surface area contributed by atoms with Gasteiger partial charge in [0.05, 0.1) is 20.4 Å². The van der Waals surface area contributed by atoms with Crippen molar-refractivity contribution in [1.29, 1.82) is 0 Å². The number of thiocarbonyl (C=S) groups is 1. The van der Waals surface area contributed by atoms with E-state index in [-0.39, 0.29) is 5.16 Å². The highest BCUT2D eigenvalue weighted by atomic mass is 32.1. The molecule has 26 heavy (non-hydrogen) atoms. The van der Waals surface area contributed by atoms with Gasteiger partial charge in [-0.05, 0) is 12.2 Å². The van der Waals surface area contributed by atoms with Gasteiger partial charge in [-0.15, -0.1) is 11.3 Å². The van der Waals surface area contributed by atoms with Crippen LogP contribution < -0.4 is 10.6 Å². The molecule has 1 aromatic carbocycles. The summed E-state index contributed by atoms with van der Waals surface area (Å²) in [5.74, 6) is 0. The molecule has 0 bridgehead atoms. The van der Waals surface area contributed by atoms with E-state index in [0.29, 0.717) is 5.11 Å². The van der Waals surface area contributed by atoms with Crippen LogP contribution >= 0.6 is 30.8 Å². The zero-order chi connectivity index (χ0) is 18.6. The minimum atomic E-state index is -2.13. The standard InChI is InChI=1S/C18H25N4OPS2/c1-18(2,3)24(15-7-5-4-6-8-15,22-10-12-23-13-11-22)21-16(25)20-17-19-9-14-26-17/h4-9,14H,10-13H2,1-3H3,(H,19,20,25)/t24-/m0/s1. The lowest BCUT2D eigenvalue weighted by atomic mass is 10.3. The van der Waals surface area contributed by atoms with E-state index in [1.165, 1.54) is 16.6 Å². The van der Waals surface area contributed by atoms with Crippen LogP contribution in [0.25, 0.3) is 0 Å². The first-order valence-electron chi connectivity index (χ1n) is 8.65. The summed E-state index contributed by atoms with van der Waals surface area (Å²) >= 11 is 7.17. The van der Waals surface area contributed by atoms with E-state index in [0.717, 1.165) is 31.4 Å². The Bertz CT molecular complexity index is 781. The van der Waals surface area contributed by atoms with Crippen molar-refractivity contribution in [3.05, 3.63) is 41.9 Å². The molecule has 1 aromatic heterocycles. The second-order valence-corrected chi connectivity index (χ2v) is 12.1. The zero-order valence-electron chi connectivity index (χ0n) is 15.4. The van der Waals surface area contributed by atoms with Crippen LogP contribution in [0.1, 0.15) is 20.8 Å². The van der Waals surface area contributed by atoms with Gasteiger partial charge >= 0.3 is 0 Å². The van der Waals surface area contributed by atoms with Crippen LogP contribution in [0.5, 0.6) is 0 Å². The molecule has 1 fully saturated rings. The second-order valence-electron chi connectivity index (χ2n) is 7.04. The predicted octanol–water partition coefficient (Wildman–Crippen LogP) is 4.41. The third-order valence-corrected chi connectivity index (χ3v) is 9.94. The third-order valence-electron chi connectivity index (χ3n) is 4.33. The van der Waals surface area contributed by atoms with Gasteiger partial charge in [0, 0.05) is 35.1 Å². The van der Waals surface area contributed by atoms with E-state index < -0.39 is 7.21 Å². The summed E-state index contributed by atoms with van der Waals surface area (Å²) < 4.78 is 13.3. The Hall–Kier alpha value is -1.11. The van der Waals surface area contributed by atoms with Crippen LogP contribution in [-0.4, -0.2) is 46.2 Å². The lowest BCUT2D eigenvalue weighted by molar-refractivity contribution is 0.0738. The summed E-state index contributed by atoms with van der Waals surface area (Å²) in [5, 5.41) is 7.58. The molecule has 5 nitrogen and oxygen atoms in total. The highest BCUT2D eigenvalue weighted by Crippen LogP contribution is 2.62. The van der Waals surface area contributed by atoms with E-state index in [1.54, 1.807) is 6.20 Å². The number of benzene rings is 1. The van der Waals surface area contributed by atoms with Crippen molar-refractivity contribution in [3.8, 4) is 0 Å². The number of thiazole rings is 1. The summed E-state index contributed by atoms with van der Waals surface area (Å²) in [6.07, 6.45) is 1.76. The topological polar surface area (TPSA) is 49.8 Å². The van der Waals surface area contributed by atoms with Gasteiger partial charge in [0.2, 0.25) is 0 Å². The van der Waals surface area contributed by atoms with Gasteiger partial charge in [-0.2, -0.15) is 0 Å². The normalized spacial score (nSPS) is 18.1. The number of nitrogens with zero attached hydrogens (tertiary/aromatic N) is 3. The van der Waals surface area contributed by atoms with Crippen LogP contribution in [0, 0.1) is 0 Å². The Morgan fingerprint density at radius 2 is 1.96 bits per heavy atom. The molecule has 1 aliphatic rings. The first kappa shape index (κ1) is 19.6. The Morgan fingerprint density at radius 1 is 1.27 bits per heavy atom. The number of nitrogens with one attached hydrogen (secondary N) is 1. The molecular formula is C18H25N4OPS2. The molecular weight excluding hydrogens is 383 g/mol. The Balaban J connectivity index is 2.12. The zero-order valence-corrected chi connectivity index (χ0v) is 17.9. The molecule has 0 unspecified atom stereocenters. The van der Waals surface area contributed by atoms with Crippen LogP contribution in [0.3, 0.4) is 0 Å². The van der Waals surface area contributed by atoms with Crippen molar-refractivity contribution in [2.45, 2.75) is 25.9 Å². The molecule has 0 saturated carbocycles. The van der Waals surface area contributed by atoms with Gasteiger partial charge < -0.3 is 10.1 Å². The lowest BCUT2D eigenvalue weighted by Crippen LogP contribution is -2.43. The molecule has 1 aliphatic heterocycles. The largest absolute Gasteiger partial charge is 0.379 e. The highest BCUT2D eigenvalue weighted by molar-refractivity contribution is 7.82. The molecule has 0 amide bonds. The SMILES string of the molecule is CC(C)(C)[P@](=NC(=S)Nc1nccs1)(c1ccccc1)N1CCOCC1. The lowest BCUT2D eigenvalue weighted by Gasteiger charge is -2.46. The monoisotopic (exact) mass is 408 g/mol. The number of hydrogen-bond donors (Lipinski definition) is 1. The summed E-state index contributed by atoms with van der Waals surface area (Å²) in [4.78, 5) is 4.27. The number of rotatable bonds is 3.